The van der Waals surface area contributed by atoms with Crippen molar-refractivity contribution in [2.45, 2.75) is 38.5 Å². The molecule has 2 N–H and O–H groups in total. The molecule has 1 aliphatic heterocycles. The van der Waals surface area contributed by atoms with Gasteiger partial charge in [-0.3, -0.25) is 4.79 Å². The van der Waals surface area contributed by atoms with Crippen molar-refractivity contribution in [1.29, 1.82) is 0 Å². The molecule has 0 fully saturated rings. The van der Waals surface area contributed by atoms with Crippen LogP contribution in [0, 0.1) is 5.92 Å². The lowest BCUT2D eigenvalue weighted by Gasteiger charge is -2.34. The predicted octanol–water partition coefficient (Wildman–Crippen LogP) is 3.94. The standard InChI is InChI=1S/C19H23F3N4O2/c1-11(2)9-23-18(27)14-10-24-26-16(19(20,21)22)8-15(25-17(14)26)12-5-4-6-13(7-12)28-3/h4-7,10-11,15-16,25H,8-9H2,1-3H3,(H,23,27)/t15-,16+/m0/s1. The minimum Gasteiger partial charge on any atom is -0.497 e. The summed E-state index contributed by atoms with van der Waals surface area (Å²) in [4.78, 5) is 12.5. The van der Waals surface area contributed by atoms with E-state index in [2.05, 4.69) is 15.7 Å². The number of rotatable bonds is 5. The minimum atomic E-state index is -4.49. The number of halogens is 3. The first-order valence-corrected chi connectivity index (χ1v) is 9.03. The maximum atomic E-state index is 13.7. The number of benzene rings is 1. The van der Waals surface area contributed by atoms with Crippen LogP contribution in [0.1, 0.15) is 48.3 Å². The average molecular weight is 396 g/mol. The molecular formula is C19H23F3N4O2. The van der Waals surface area contributed by atoms with E-state index in [0.717, 1.165) is 4.68 Å². The van der Waals surface area contributed by atoms with Crippen molar-refractivity contribution < 1.29 is 22.7 Å². The van der Waals surface area contributed by atoms with Crippen LogP contribution in [-0.4, -0.2) is 35.5 Å². The molecule has 0 aliphatic carbocycles. The molecule has 28 heavy (non-hydrogen) atoms. The lowest BCUT2D eigenvalue weighted by Crippen LogP contribution is -2.36. The molecule has 0 bridgehead atoms. The molecule has 2 heterocycles. The number of alkyl halides is 3. The maximum absolute atomic E-state index is 13.7. The molecule has 0 saturated carbocycles. The van der Waals surface area contributed by atoms with E-state index in [1.165, 1.54) is 13.3 Å². The first kappa shape index (κ1) is 20.0. The number of fused-ring (bicyclic) bond motifs is 1. The van der Waals surface area contributed by atoms with Crippen molar-refractivity contribution in [3.8, 4) is 5.75 Å². The third-order valence-electron chi connectivity index (χ3n) is 4.65. The van der Waals surface area contributed by atoms with Crippen LogP contribution in [0.2, 0.25) is 0 Å². The van der Waals surface area contributed by atoms with Crippen LogP contribution in [0.4, 0.5) is 19.0 Å². The van der Waals surface area contributed by atoms with Crippen LogP contribution < -0.4 is 15.4 Å². The van der Waals surface area contributed by atoms with E-state index in [1.807, 2.05) is 13.8 Å². The van der Waals surface area contributed by atoms with Crippen LogP contribution in [0.25, 0.3) is 0 Å². The summed E-state index contributed by atoms with van der Waals surface area (Å²) in [5.41, 5.74) is 0.747. The molecule has 2 aromatic rings. The van der Waals surface area contributed by atoms with Gasteiger partial charge in [0.25, 0.3) is 5.91 Å². The topological polar surface area (TPSA) is 68.2 Å². The third kappa shape index (κ3) is 4.07. The van der Waals surface area contributed by atoms with Crippen molar-refractivity contribution in [2.24, 2.45) is 5.92 Å². The van der Waals surface area contributed by atoms with Crippen LogP contribution in [0.3, 0.4) is 0 Å². The van der Waals surface area contributed by atoms with Gasteiger partial charge in [0.1, 0.15) is 17.1 Å². The molecule has 1 amide bonds. The lowest BCUT2D eigenvalue weighted by molar-refractivity contribution is -0.173. The Balaban J connectivity index is 1.97. The number of ether oxygens (including phenoxy) is 1. The van der Waals surface area contributed by atoms with Gasteiger partial charge >= 0.3 is 6.18 Å². The summed E-state index contributed by atoms with van der Waals surface area (Å²) in [5.74, 6) is 0.393. The fourth-order valence-corrected chi connectivity index (χ4v) is 3.20. The summed E-state index contributed by atoms with van der Waals surface area (Å²) in [6, 6.07) is 4.41. The summed E-state index contributed by atoms with van der Waals surface area (Å²) < 4.78 is 47.2. The summed E-state index contributed by atoms with van der Waals surface area (Å²) in [6.45, 7) is 4.29. The molecule has 1 aromatic heterocycles. The molecule has 1 aliphatic rings. The second-order valence-electron chi connectivity index (χ2n) is 7.22. The number of hydrogen-bond acceptors (Lipinski definition) is 4. The third-order valence-corrected chi connectivity index (χ3v) is 4.65. The Morgan fingerprint density at radius 2 is 2.18 bits per heavy atom. The summed E-state index contributed by atoms with van der Waals surface area (Å²) in [6.07, 6.45) is -3.55. The number of nitrogens with zero attached hydrogens (tertiary/aromatic N) is 2. The molecule has 0 unspecified atom stereocenters. The molecule has 9 heteroatoms. The second-order valence-corrected chi connectivity index (χ2v) is 7.22. The van der Waals surface area contributed by atoms with E-state index < -0.39 is 24.2 Å². The van der Waals surface area contributed by atoms with E-state index in [4.69, 9.17) is 4.74 Å². The Kier molecular flexibility index (Phi) is 5.53. The fourth-order valence-electron chi connectivity index (χ4n) is 3.20. The molecule has 3 rings (SSSR count). The fraction of sp³-hybridized carbons (Fsp3) is 0.474. The Bertz CT molecular complexity index is 848. The molecule has 2 atom stereocenters. The number of amides is 1. The predicted molar refractivity (Wildman–Crippen MR) is 98.5 cm³/mol. The summed E-state index contributed by atoms with van der Waals surface area (Å²) >= 11 is 0. The molecular weight excluding hydrogens is 373 g/mol. The molecule has 0 spiro atoms. The number of carbonyl (C=O) groups is 1. The Labute approximate surface area is 161 Å². The Morgan fingerprint density at radius 3 is 2.82 bits per heavy atom. The van der Waals surface area contributed by atoms with Gasteiger partial charge < -0.3 is 15.4 Å². The first-order chi connectivity index (χ1) is 13.2. The van der Waals surface area contributed by atoms with Gasteiger partial charge in [-0.2, -0.15) is 18.3 Å². The zero-order valence-electron chi connectivity index (χ0n) is 15.9. The summed E-state index contributed by atoms with van der Waals surface area (Å²) in [7, 11) is 1.50. The Morgan fingerprint density at radius 1 is 1.43 bits per heavy atom. The number of aromatic nitrogens is 2. The van der Waals surface area contributed by atoms with Crippen LogP contribution in [0.15, 0.2) is 30.5 Å². The molecule has 1 aromatic carbocycles. The smallest absolute Gasteiger partial charge is 0.410 e. The summed E-state index contributed by atoms with van der Waals surface area (Å²) in [5, 5.41) is 9.66. The van der Waals surface area contributed by atoms with E-state index in [-0.39, 0.29) is 23.7 Å². The van der Waals surface area contributed by atoms with E-state index in [9.17, 15) is 18.0 Å². The van der Waals surface area contributed by atoms with Crippen molar-refractivity contribution in [2.75, 3.05) is 19.0 Å². The number of hydrogen-bond donors (Lipinski definition) is 2. The minimum absolute atomic E-state index is 0.0719. The number of nitrogens with one attached hydrogen (secondary N) is 2. The molecule has 152 valence electrons. The Hall–Kier alpha value is -2.71. The van der Waals surface area contributed by atoms with Gasteiger partial charge in [0.05, 0.1) is 19.3 Å². The van der Waals surface area contributed by atoms with Crippen LogP contribution >= 0.6 is 0 Å². The van der Waals surface area contributed by atoms with E-state index in [0.29, 0.717) is 17.9 Å². The number of anilines is 1. The number of methoxy groups -OCH3 is 1. The van der Waals surface area contributed by atoms with Crippen molar-refractivity contribution in [3.05, 3.63) is 41.6 Å². The van der Waals surface area contributed by atoms with Crippen molar-refractivity contribution in [3.63, 3.8) is 0 Å². The quantitative estimate of drug-likeness (QED) is 0.803. The largest absolute Gasteiger partial charge is 0.497 e. The molecule has 6 nitrogen and oxygen atoms in total. The van der Waals surface area contributed by atoms with Crippen molar-refractivity contribution in [1.82, 2.24) is 15.1 Å². The van der Waals surface area contributed by atoms with Gasteiger partial charge in [0.15, 0.2) is 6.04 Å². The van der Waals surface area contributed by atoms with Gasteiger partial charge in [0.2, 0.25) is 0 Å². The van der Waals surface area contributed by atoms with Gasteiger partial charge in [-0.1, -0.05) is 26.0 Å². The first-order valence-electron chi connectivity index (χ1n) is 9.03. The van der Waals surface area contributed by atoms with E-state index in [1.54, 1.807) is 24.3 Å². The highest BCUT2D eigenvalue weighted by Gasteiger charge is 2.47. The maximum Gasteiger partial charge on any atom is 0.410 e. The van der Waals surface area contributed by atoms with Crippen LogP contribution in [0.5, 0.6) is 5.75 Å². The van der Waals surface area contributed by atoms with Gasteiger partial charge in [-0.25, -0.2) is 4.68 Å². The normalized spacial score (nSPS) is 19.1. The van der Waals surface area contributed by atoms with Gasteiger partial charge in [-0.05, 0) is 23.6 Å². The highest BCUT2D eigenvalue weighted by molar-refractivity contribution is 5.98. The van der Waals surface area contributed by atoms with E-state index >= 15 is 0 Å². The molecule has 0 radical (unpaired) electrons. The van der Waals surface area contributed by atoms with Gasteiger partial charge in [0, 0.05) is 13.0 Å². The highest BCUT2D eigenvalue weighted by Crippen LogP contribution is 2.44. The van der Waals surface area contributed by atoms with Crippen LogP contribution in [-0.2, 0) is 0 Å². The SMILES string of the molecule is COc1cccc([C@@H]2C[C@H](C(F)(F)F)n3ncc(C(=O)NCC(C)C)c3N2)c1. The highest BCUT2D eigenvalue weighted by atomic mass is 19.4. The zero-order chi connectivity index (χ0) is 20.5. The van der Waals surface area contributed by atoms with Crippen molar-refractivity contribution >= 4 is 11.7 Å². The zero-order valence-corrected chi connectivity index (χ0v) is 15.9. The second kappa shape index (κ2) is 7.73. The lowest BCUT2D eigenvalue weighted by atomic mass is 9.96. The van der Waals surface area contributed by atoms with Gasteiger partial charge in [-0.15, -0.1) is 0 Å². The molecule has 0 saturated heterocycles. The monoisotopic (exact) mass is 396 g/mol. The average Bonchev–Trinajstić information content (AvgIpc) is 3.08. The number of carbonyl (C=O) groups excluding carboxylic acids is 1.